The summed E-state index contributed by atoms with van der Waals surface area (Å²) in [6.45, 7) is 0.413. The van der Waals surface area contributed by atoms with Crippen LogP contribution in [0.1, 0.15) is 12.0 Å². The van der Waals surface area contributed by atoms with E-state index in [0.29, 0.717) is 13.0 Å². The maximum atomic E-state index is 11.6. The third-order valence-electron chi connectivity index (χ3n) is 2.38. The molecule has 0 aliphatic heterocycles. The van der Waals surface area contributed by atoms with E-state index in [-0.39, 0.29) is 12.5 Å². The summed E-state index contributed by atoms with van der Waals surface area (Å²) in [7, 11) is 1.71. The van der Waals surface area contributed by atoms with Crippen LogP contribution in [0.5, 0.6) is 0 Å². The molecule has 0 saturated carbocycles. The van der Waals surface area contributed by atoms with Gasteiger partial charge in [-0.25, -0.2) is 0 Å². The Morgan fingerprint density at radius 2 is 2.25 bits per heavy atom. The molecule has 0 aliphatic rings. The van der Waals surface area contributed by atoms with Crippen LogP contribution in [-0.2, 0) is 11.2 Å². The first-order valence-corrected chi connectivity index (χ1v) is 6.02. The topological polar surface area (TPSA) is 40.5 Å². The minimum Gasteiger partial charge on any atom is -0.395 e. The van der Waals surface area contributed by atoms with Crippen molar-refractivity contribution in [3.05, 3.63) is 34.3 Å². The quantitative estimate of drug-likeness (QED) is 0.897. The minimum atomic E-state index is 0.0130. The van der Waals surface area contributed by atoms with Gasteiger partial charge in [-0.2, -0.15) is 0 Å². The van der Waals surface area contributed by atoms with Crippen molar-refractivity contribution in [2.45, 2.75) is 12.8 Å². The second kappa shape index (κ2) is 6.66. The predicted octanol–water partition coefficient (Wildman–Crippen LogP) is 1.83. The van der Waals surface area contributed by atoms with E-state index in [9.17, 15) is 4.79 Å². The van der Waals surface area contributed by atoms with E-state index < -0.39 is 0 Å². The number of aryl methyl sites for hydroxylation is 1. The third kappa shape index (κ3) is 4.33. The highest BCUT2D eigenvalue weighted by Crippen LogP contribution is 2.13. The standard InChI is InChI=1S/C12H16BrNO2/c1-14(7-8-15)12(16)6-5-10-3-2-4-11(13)9-10/h2-4,9,15H,5-8H2,1H3. The number of carbonyl (C=O) groups is 1. The Bertz CT molecular complexity index is 355. The van der Waals surface area contributed by atoms with Crippen LogP contribution in [0.3, 0.4) is 0 Å². The van der Waals surface area contributed by atoms with E-state index in [0.717, 1.165) is 16.5 Å². The van der Waals surface area contributed by atoms with Crippen molar-refractivity contribution >= 4 is 21.8 Å². The van der Waals surface area contributed by atoms with Crippen LogP contribution in [-0.4, -0.2) is 36.1 Å². The number of rotatable bonds is 5. The van der Waals surface area contributed by atoms with Gasteiger partial charge in [-0.3, -0.25) is 4.79 Å². The molecule has 0 aromatic heterocycles. The van der Waals surface area contributed by atoms with Crippen LogP contribution in [0.25, 0.3) is 0 Å². The van der Waals surface area contributed by atoms with Crippen molar-refractivity contribution in [3.8, 4) is 0 Å². The van der Waals surface area contributed by atoms with Crippen molar-refractivity contribution in [3.63, 3.8) is 0 Å². The first-order chi connectivity index (χ1) is 7.63. The molecule has 0 atom stereocenters. The Morgan fingerprint density at radius 3 is 2.88 bits per heavy atom. The number of carbonyl (C=O) groups excluding carboxylic acids is 1. The zero-order valence-corrected chi connectivity index (χ0v) is 10.9. The Hall–Kier alpha value is -0.870. The average Bonchev–Trinajstić information content (AvgIpc) is 2.26. The van der Waals surface area contributed by atoms with E-state index in [1.165, 1.54) is 0 Å². The van der Waals surface area contributed by atoms with E-state index in [1.54, 1.807) is 11.9 Å². The molecule has 0 saturated heterocycles. The summed E-state index contributed by atoms with van der Waals surface area (Å²) in [5.74, 6) is 0.0639. The van der Waals surface area contributed by atoms with Crippen LogP contribution in [0.15, 0.2) is 28.7 Å². The molecule has 1 amide bonds. The number of aliphatic hydroxyl groups excluding tert-OH is 1. The van der Waals surface area contributed by atoms with Gasteiger partial charge in [0.05, 0.1) is 6.61 Å². The molecule has 0 fully saturated rings. The zero-order valence-electron chi connectivity index (χ0n) is 9.32. The molecular formula is C12H16BrNO2. The second-order valence-electron chi connectivity index (χ2n) is 3.67. The Labute approximate surface area is 104 Å². The van der Waals surface area contributed by atoms with Crippen LogP contribution < -0.4 is 0 Å². The van der Waals surface area contributed by atoms with Gasteiger partial charge in [0, 0.05) is 24.5 Å². The van der Waals surface area contributed by atoms with Gasteiger partial charge in [0.1, 0.15) is 0 Å². The summed E-state index contributed by atoms with van der Waals surface area (Å²) in [5.41, 5.74) is 1.14. The van der Waals surface area contributed by atoms with Gasteiger partial charge in [-0.15, -0.1) is 0 Å². The molecule has 4 heteroatoms. The van der Waals surface area contributed by atoms with Gasteiger partial charge in [-0.1, -0.05) is 28.1 Å². The lowest BCUT2D eigenvalue weighted by molar-refractivity contribution is -0.130. The highest BCUT2D eigenvalue weighted by atomic mass is 79.9. The van der Waals surface area contributed by atoms with Crippen molar-refractivity contribution in [1.29, 1.82) is 0 Å². The van der Waals surface area contributed by atoms with Gasteiger partial charge in [-0.05, 0) is 24.1 Å². The number of nitrogens with zero attached hydrogens (tertiary/aromatic N) is 1. The number of aliphatic hydroxyl groups is 1. The fourth-order valence-corrected chi connectivity index (χ4v) is 1.86. The van der Waals surface area contributed by atoms with Crippen molar-refractivity contribution in [2.75, 3.05) is 20.2 Å². The maximum absolute atomic E-state index is 11.6. The number of benzene rings is 1. The maximum Gasteiger partial charge on any atom is 0.222 e. The number of hydrogen-bond acceptors (Lipinski definition) is 2. The highest BCUT2D eigenvalue weighted by molar-refractivity contribution is 9.10. The van der Waals surface area contributed by atoms with Gasteiger partial charge in [0.2, 0.25) is 5.91 Å². The van der Waals surface area contributed by atoms with Crippen molar-refractivity contribution in [2.24, 2.45) is 0 Å². The highest BCUT2D eigenvalue weighted by Gasteiger charge is 2.07. The molecule has 0 spiro atoms. The van der Waals surface area contributed by atoms with Crippen molar-refractivity contribution < 1.29 is 9.90 Å². The van der Waals surface area contributed by atoms with E-state index in [1.807, 2.05) is 24.3 Å². The summed E-state index contributed by atoms with van der Waals surface area (Å²) in [6.07, 6.45) is 1.21. The molecule has 88 valence electrons. The SMILES string of the molecule is CN(CCO)C(=O)CCc1cccc(Br)c1. The smallest absolute Gasteiger partial charge is 0.222 e. The lowest BCUT2D eigenvalue weighted by atomic mass is 10.1. The fourth-order valence-electron chi connectivity index (χ4n) is 1.41. The first kappa shape index (κ1) is 13.2. The molecular weight excluding hydrogens is 270 g/mol. The second-order valence-corrected chi connectivity index (χ2v) is 4.58. The molecule has 0 heterocycles. The molecule has 1 aromatic rings. The Balaban J connectivity index is 2.42. The molecule has 0 bridgehead atoms. The van der Waals surface area contributed by atoms with E-state index in [2.05, 4.69) is 15.9 Å². The number of halogens is 1. The lowest BCUT2D eigenvalue weighted by Gasteiger charge is -2.15. The molecule has 0 unspecified atom stereocenters. The van der Waals surface area contributed by atoms with Gasteiger partial charge < -0.3 is 10.0 Å². The predicted molar refractivity (Wildman–Crippen MR) is 67.2 cm³/mol. The van der Waals surface area contributed by atoms with E-state index >= 15 is 0 Å². The largest absolute Gasteiger partial charge is 0.395 e. The van der Waals surface area contributed by atoms with Gasteiger partial charge in [0.15, 0.2) is 0 Å². The molecule has 1 aromatic carbocycles. The van der Waals surface area contributed by atoms with E-state index in [4.69, 9.17) is 5.11 Å². The van der Waals surface area contributed by atoms with Gasteiger partial charge in [0.25, 0.3) is 0 Å². The molecule has 0 radical (unpaired) electrons. The molecule has 1 N–H and O–H groups in total. The van der Waals surface area contributed by atoms with Crippen LogP contribution in [0, 0.1) is 0 Å². The summed E-state index contributed by atoms with van der Waals surface area (Å²) >= 11 is 3.39. The Kier molecular flexibility index (Phi) is 5.49. The lowest BCUT2D eigenvalue weighted by Crippen LogP contribution is -2.29. The summed E-state index contributed by atoms with van der Waals surface area (Å²) in [6, 6.07) is 7.94. The fraction of sp³-hybridized carbons (Fsp3) is 0.417. The normalized spacial score (nSPS) is 10.2. The molecule has 1 rings (SSSR count). The summed E-state index contributed by atoms with van der Waals surface area (Å²) < 4.78 is 1.03. The van der Waals surface area contributed by atoms with Crippen LogP contribution in [0.4, 0.5) is 0 Å². The molecule has 16 heavy (non-hydrogen) atoms. The van der Waals surface area contributed by atoms with Crippen LogP contribution in [0.2, 0.25) is 0 Å². The average molecular weight is 286 g/mol. The van der Waals surface area contributed by atoms with Crippen molar-refractivity contribution in [1.82, 2.24) is 4.90 Å². The summed E-state index contributed by atoms with van der Waals surface area (Å²) in [5, 5.41) is 8.71. The third-order valence-corrected chi connectivity index (χ3v) is 2.87. The number of amides is 1. The Morgan fingerprint density at radius 1 is 1.50 bits per heavy atom. The molecule has 3 nitrogen and oxygen atoms in total. The zero-order chi connectivity index (χ0) is 12.0. The minimum absolute atomic E-state index is 0.0130. The van der Waals surface area contributed by atoms with Crippen LogP contribution >= 0.6 is 15.9 Å². The summed E-state index contributed by atoms with van der Waals surface area (Å²) in [4.78, 5) is 13.1. The monoisotopic (exact) mass is 285 g/mol. The van der Waals surface area contributed by atoms with Gasteiger partial charge >= 0.3 is 0 Å². The number of hydrogen-bond donors (Lipinski definition) is 1. The number of likely N-dealkylation sites (N-methyl/N-ethyl adjacent to an activating group) is 1. The molecule has 0 aliphatic carbocycles. The first-order valence-electron chi connectivity index (χ1n) is 5.22.